The molecule has 0 bridgehead atoms. The molecule has 1 atom stereocenters. The minimum Gasteiger partial charge on any atom is -0.301 e. The van der Waals surface area contributed by atoms with Crippen LogP contribution in [0.4, 0.5) is 0 Å². The number of rotatable bonds is 8. The van der Waals surface area contributed by atoms with Gasteiger partial charge in [0, 0.05) is 32.7 Å². The van der Waals surface area contributed by atoms with E-state index in [0.29, 0.717) is 5.92 Å². The van der Waals surface area contributed by atoms with Crippen LogP contribution in [0.3, 0.4) is 0 Å². The Bertz CT molecular complexity index is 742. The summed E-state index contributed by atoms with van der Waals surface area (Å²) in [7, 11) is 0. The molecule has 3 nitrogen and oxygen atoms in total. The molecular formula is C25H33N3. The summed E-state index contributed by atoms with van der Waals surface area (Å²) in [5, 5.41) is 10.0. The van der Waals surface area contributed by atoms with Crippen molar-refractivity contribution < 1.29 is 0 Å². The Morgan fingerprint density at radius 2 is 1.46 bits per heavy atom. The Morgan fingerprint density at radius 1 is 0.893 bits per heavy atom. The maximum atomic E-state index is 10.0. The molecule has 1 saturated heterocycles. The molecule has 2 aromatic rings. The van der Waals surface area contributed by atoms with Gasteiger partial charge in [-0.05, 0) is 36.4 Å². The van der Waals surface area contributed by atoms with Crippen molar-refractivity contribution in [2.45, 2.75) is 38.6 Å². The van der Waals surface area contributed by atoms with Crippen molar-refractivity contribution >= 4 is 0 Å². The molecular weight excluding hydrogens is 342 g/mol. The predicted molar refractivity (Wildman–Crippen MR) is 116 cm³/mol. The third-order valence-corrected chi connectivity index (χ3v) is 6.23. The molecule has 1 unspecified atom stereocenters. The van der Waals surface area contributed by atoms with Crippen LogP contribution in [0, 0.1) is 17.2 Å². The standard InChI is InChI=1S/C25H33N3/c1-22(2)25(21-26,24-12-7-4-8-13-24)14-9-15-27-16-18-28(19-17-27)20-23-10-5-3-6-11-23/h3-8,10-13,22H,9,14-20H2,1-2H3. The van der Waals surface area contributed by atoms with Gasteiger partial charge in [-0.15, -0.1) is 0 Å². The number of piperazine rings is 1. The van der Waals surface area contributed by atoms with Gasteiger partial charge in [-0.25, -0.2) is 0 Å². The van der Waals surface area contributed by atoms with Crippen LogP contribution in [0.15, 0.2) is 60.7 Å². The van der Waals surface area contributed by atoms with E-state index in [9.17, 15) is 5.26 Å². The lowest BCUT2D eigenvalue weighted by Crippen LogP contribution is -2.46. The van der Waals surface area contributed by atoms with Gasteiger partial charge in [0.2, 0.25) is 0 Å². The quantitative estimate of drug-likeness (QED) is 0.670. The minimum atomic E-state index is -0.379. The topological polar surface area (TPSA) is 30.3 Å². The molecule has 28 heavy (non-hydrogen) atoms. The molecule has 0 spiro atoms. The minimum absolute atomic E-state index is 0.308. The van der Waals surface area contributed by atoms with Gasteiger partial charge in [-0.1, -0.05) is 74.5 Å². The van der Waals surface area contributed by atoms with Gasteiger partial charge in [0.1, 0.15) is 0 Å². The molecule has 1 fully saturated rings. The van der Waals surface area contributed by atoms with E-state index in [2.05, 4.69) is 84.3 Å². The first-order valence-electron chi connectivity index (χ1n) is 10.6. The summed E-state index contributed by atoms with van der Waals surface area (Å²) in [5.41, 5.74) is 2.19. The highest BCUT2D eigenvalue weighted by atomic mass is 15.3. The van der Waals surface area contributed by atoms with E-state index in [4.69, 9.17) is 0 Å². The van der Waals surface area contributed by atoms with Crippen LogP contribution >= 0.6 is 0 Å². The van der Waals surface area contributed by atoms with Crippen LogP contribution in [-0.2, 0) is 12.0 Å². The van der Waals surface area contributed by atoms with Crippen LogP contribution in [0.25, 0.3) is 0 Å². The highest BCUT2D eigenvalue weighted by Gasteiger charge is 2.35. The van der Waals surface area contributed by atoms with Crippen LogP contribution < -0.4 is 0 Å². The van der Waals surface area contributed by atoms with Gasteiger partial charge in [0.15, 0.2) is 0 Å². The number of benzene rings is 2. The molecule has 3 rings (SSSR count). The maximum absolute atomic E-state index is 10.0. The fourth-order valence-corrected chi connectivity index (χ4v) is 4.35. The zero-order valence-electron chi connectivity index (χ0n) is 17.3. The van der Waals surface area contributed by atoms with Crippen LogP contribution in [0.2, 0.25) is 0 Å². The van der Waals surface area contributed by atoms with Gasteiger partial charge < -0.3 is 4.90 Å². The molecule has 2 aromatic carbocycles. The Labute approximate surface area is 170 Å². The summed E-state index contributed by atoms with van der Waals surface area (Å²) in [6, 6.07) is 23.8. The molecule has 0 amide bonds. The molecule has 0 N–H and O–H groups in total. The molecule has 0 aromatic heterocycles. The second-order valence-corrected chi connectivity index (χ2v) is 8.31. The Hall–Kier alpha value is -2.15. The normalized spacial score (nSPS) is 17.9. The van der Waals surface area contributed by atoms with Crippen LogP contribution in [-0.4, -0.2) is 42.5 Å². The zero-order chi connectivity index (χ0) is 19.8. The summed E-state index contributed by atoms with van der Waals surface area (Å²) in [6.07, 6.45) is 1.99. The Balaban J connectivity index is 1.49. The summed E-state index contributed by atoms with van der Waals surface area (Å²) < 4.78 is 0. The van der Waals surface area contributed by atoms with Crippen molar-refractivity contribution in [2.24, 2.45) is 5.92 Å². The van der Waals surface area contributed by atoms with E-state index in [1.807, 2.05) is 6.07 Å². The number of hydrogen-bond donors (Lipinski definition) is 0. The first kappa shape index (κ1) is 20.6. The number of nitriles is 1. The lowest BCUT2D eigenvalue weighted by molar-refractivity contribution is 0.123. The molecule has 148 valence electrons. The first-order valence-corrected chi connectivity index (χ1v) is 10.6. The Kier molecular flexibility index (Phi) is 7.25. The first-order chi connectivity index (χ1) is 13.6. The molecule has 1 heterocycles. The van der Waals surface area contributed by atoms with E-state index < -0.39 is 0 Å². The molecule has 1 aliphatic rings. The molecule has 1 aliphatic heterocycles. The summed E-state index contributed by atoms with van der Waals surface area (Å²) in [5.74, 6) is 0.308. The van der Waals surface area contributed by atoms with Crippen molar-refractivity contribution in [3.05, 3.63) is 71.8 Å². The smallest absolute Gasteiger partial charge is 0.0845 e. The predicted octanol–water partition coefficient (Wildman–Crippen LogP) is 4.70. The summed E-state index contributed by atoms with van der Waals surface area (Å²) in [4.78, 5) is 5.11. The highest BCUT2D eigenvalue weighted by molar-refractivity contribution is 5.33. The van der Waals surface area contributed by atoms with Gasteiger partial charge in [0.05, 0.1) is 11.5 Å². The second kappa shape index (κ2) is 9.87. The summed E-state index contributed by atoms with van der Waals surface area (Å²) >= 11 is 0. The third kappa shape index (κ3) is 5.01. The van der Waals surface area contributed by atoms with Gasteiger partial charge in [0.25, 0.3) is 0 Å². The molecule has 0 radical (unpaired) electrons. The van der Waals surface area contributed by atoms with Crippen molar-refractivity contribution in [1.29, 1.82) is 5.26 Å². The lowest BCUT2D eigenvalue weighted by Gasteiger charge is -2.36. The summed E-state index contributed by atoms with van der Waals surface area (Å²) in [6.45, 7) is 11.0. The van der Waals surface area contributed by atoms with Crippen molar-refractivity contribution in [1.82, 2.24) is 9.80 Å². The van der Waals surface area contributed by atoms with Crippen molar-refractivity contribution in [3.8, 4) is 6.07 Å². The van der Waals surface area contributed by atoms with Crippen LogP contribution in [0.5, 0.6) is 0 Å². The lowest BCUT2D eigenvalue weighted by atomic mass is 9.70. The fraction of sp³-hybridized carbons (Fsp3) is 0.480. The van der Waals surface area contributed by atoms with E-state index in [1.54, 1.807) is 0 Å². The maximum Gasteiger partial charge on any atom is 0.0845 e. The largest absolute Gasteiger partial charge is 0.301 e. The van der Waals surface area contributed by atoms with Crippen LogP contribution in [0.1, 0.15) is 37.8 Å². The van der Waals surface area contributed by atoms with Gasteiger partial charge in [-0.3, -0.25) is 4.90 Å². The van der Waals surface area contributed by atoms with Gasteiger partial charge >= 0.3 is 0 Å². The SMILES string of the molecule is CC(C)C(C#N)(CCCN1CCN(Cc2ccccc2)CC1)c1ccccc1. The second-order valence-electron chi connectivity index (χ2n) is 8.31. The van der Waals surface area contributed by atoms with Crippen molar-refractivity contribution in [3.63, 3.8) is 0 Å². The van der Waals surface area contributed by atoms with E-state index in [-0.39, 0.29) is 5.41 Å². The van der Waals surface area contributed by atoms with E-state index in [0.717, 1.165) is 52.1 Å². The van der Waals surface area contributed by atoms with E-state index >= 15 is 0 Å². The average molecular weight is 376 g/mol. The number of hydrogen-bond acceptors (Lipinski definition) is 3. The molecule has 0 saturated carbocycles. The number of nitrogens with zero attached hydrogens (tertiary/aromatic N) is 3. The highest BCUT2D eigenvalue weighted by Crippen LogP contribution is 2.36. The average Bonchev–Trinajstić information content (AvgIpc) is 2.74. The fourth-order valence-electron chi connectivity index (χ4n) is 4.35. The Morgan fingerprint density at radius 3 is 2.04 bits per heavy atom. The molecule has 0 aliphatic carbocycles. The van der Waals surface area contributed by atoms with E-state index in [1.165, 1.54) is 11.1 Å². The van der Waals surface area contributed by atoms with Gasteiger partial charge in [-0.2, -0.15) is 5.26 Å². The molecule has 3 heteroatoms. The zero-order valence-corrected chi connectivity index (χ0v) is 17.3. The third-order valence-electron chi connectivity index (χ3n) is 6.23. The monoisotopic (exact) mass is 375 g/mol. The van der Waals surface area contributed by atoms with Crippen molar-refractivity contribution in [2.75, 3.05) is 32.7 Å².